The van der Waals surface area contributed by atoms with Crippen molar-refractivity contribution in [2.75, 3.05) is 26.3 Å². The molecule has 0 radical (unpaired) electrons. The summed E-state index contributed by atoms with van der Waals surface area (Å²) in [5.74, 6) is 6.11. The average Bonchev–Trinajstić information content (AvgIpc) is 3.20. The fourth-order valence-electron chi connectivity index (χ4n) is 4.06. The number of aromatic nitrogens is 1. The first-order valence-electron chi connectivity index (χ1n) is 10.8. The molecule has 33 heavy (non-hydrogen) atoms. The summed E-state index contributed by atoms with van der Waals surface area (Å²) in [4.78, 5) is 18.2. The lowest BCUT2D eigenvalue weighted by Crippen LogP contribution is -2.41. The number of nitrogens with zero attached hydrogens (tertiary/aromatic N) is 1. The maximum atomic E-state index is 12.9. The molecule has 0 fully saturated rings. The molecule has 0 aliphatic carbocycles. The number of hydrogen-bond acceptors (Lipinski definition) is 5. The number of amides is 1. The number of benzene rings is 2. The number of carbonyl (C=O) groups is 1. The van der Waals surface area contributed by atoms with Crippen LogP contribution in [0.5, 0.6) is 5.75 Å². The molecule has 1 aliphatic rings. The number of nitrogens with one attached hydrogen (secondary N) is 1. The van der Waals surface area contributed by atoms with Crippen LogP contribution in [0.25, 0.3) is 10.9 Å². The summed E-state index contributed by atoms with van der Waals surface area (Å²) in [6, 6.07) is 12.8. The first kappa shape index (κ1) is 23.0. The molecule has 0 saturated heterocycles. The van der Waals surface area contributed by atoms with Crippen molar-refractivity contribution in [2.45, 2.75) is 25.5 Å². The molecule has 0 spiro atoms. The van der Waals surface area contributed by atoms with Gasteiger partial charge in [-0.05, 0) is 54.8 Å². The van der Waals surface area contributed by atoms with Crippen molar-refractivity contribution in [2.24, 2.45) is 5.73 Å². The van der Waals surface area contributed by atoms with Crippen LogP contribution in [-0.4, -0.2) is 53.5 Å². The molecule has 7 nitrogen and oxygen atoms in total. The summed E-state index contributed by atoms with van der Waals surface area (Å²) in [6.07, 6.45) is -0.462. The van der Waals surface area contributed by atoms with E-state index in [-0.39, 0.29) is 25.8 Å². The third kappa shape index (κ3) is 4.93. The van der Waals surface area contributed by atoms with Crippen molar-refractivity contribution < 1.29 is 19.4 Å². The van der Waals surface area contributed by atoms with Crippen LogP contribution in [0.3, 0.4) is 0 Å². The van der Waals surface area contributed by atoms with Crippen molar-refractivity contribution in [1.82, 2.24) is 9.88 Å². The molecule has 1 aromatic heterocycles. The zero-order valence-corrected chi connectivity index (χ0v) is 19.1. The van der Waals surface area contributed by atoms with Crippen molar-refractivity contribution in [3.05, 3.63) is 64.3 Å². The van der Waals surface area contributed by atoms with E-state index in [1.165, 1.54) is 0 Å². The SMILES string of the molecule is CC#CCOC(=O)N1CCc2c([nH]c3ccc(Cl)cc23)C1c1ccc(OCC(O)CN)cc1. The molecular weight excluding hydrogens is 442 g/mol. The van der Waals surface area contributed by atoms with Crippen LogP contribution in [-0.2, 0) is 11.2 Å². The van der Waals surface area contributed by atoms with Crippen LogP contribution in [0.2, 0.25) is 5.02 Å². The summed E-state index contributed by atoms with van der Waals surface area (Å²) < 4.78 is 11.0. The van der Waals surface area contributed by atoms with Gasteiger partial charge in [-0.25, -0.2) is 4.79 Å². The molecule has 0 bridgehead atoms. The van der Waals surface area contributed by atoms with Crippen molar-refractivity contribution in [3.8, 4) is 17.6 Å². The molecule has 2 aromatic carbocycles. The Bertz CT molecular complexity index is 1200. The summed E-state index contributed by atoms with van der Waals surface area (Å²) >= 11 is 6.25. The minimum Gasteiger partial charge on any atom is -0.491 e. The Morgan fingerprint density at radius 3 is 2.85 bits per heavy atom. The number of aliphatic hydroxyl groups excluding tert-OH is 1. The lowest BCUT2D eigenvalue weighted by molar-refractivity contribution is 0.0992. The lowest BCUT2D eigenvalue weighted by atomic mass is 9.92. The second kappa shape index (κ2) is 10.2. The number of fused-ring (bicyclic) bond motifs is 3. The van der Waals surface area contributed by atoms with Crippen molar-refractivity contribution in [3.63, 3.8) is 0 Å². The van der Waals surface area contributed by atoms with E-state index in [1.807, 2.05) is 42.5 Å². The largest absolute Gasteiger partial charge is 0.491 e. The van der Waals surface area contributed by atoms with Gasteiger partial charge < -0.3 is 25.3 Å². The molecule has 4 N–H and O–H groups in total. The van der Waals surface area contributed by atoms with Gasteiger partial charge in [-0.1, -0.05) is 29.7 Å². The number of aromatic amines is 1. The predicted molar refractivity (Wildman–Crippen MR) is 127 cm³/mol. The Kier molecular flexibility index (Phi) is 7.09. The highest BCUT2D eigenvalue weighted by Gasteiger charge is 2.35. The molecule has 2 heterocycles. The minimum atomic E-state index is -0.722. The van der Waals surface area contributed by atoms with Gasteiger partial charge in [-0.15, -0.1) is 5.92 Å². The van der Waals surface area contributed by atoms with E-state index in [2.05, 4.69) is 16.8 Å². The van der Waals surface area contributed by atoms with Gasteiger partial charge in [0.2, 0.25) is 0 Å². The van der Waals surface area contributed by atoms with Crippen LogP contribution in [0.4, 0.5) is 4.79 Å². The Hall–Kier alpha value is -3.18. The molecule has 2 unspecified atom stereocenters. The Balaban J connectivity index is 1.69. The smallest absolute Gasteiger partial charge is 0.411 e. The van der Waals surface area contributed by atoms with Gasteiger partial charge in [0.15, 0.2) is 6.61 Å². The Labute approximate surface area is 197 Å². The fraction of sp³-hybridized carbons (Fsp3) is 0.320. The van der Waals surface area contributed by atoms with E-state index in [4.69, 9.17) is 26.8 Å². The zero-order valence-electron chi connectivity index (χ0n) is 18.3. The fourth-order valence-corrected chi connectivity index (χ4v) is 4.24. The van der Waals surface area contributed by atoms with Gasteiger partial charge in [0, 0.05) is 34.7 Å². The van der Waals surface area contributed by atoms with E-state index in [0.717, 1.165) is 27.7 Å². The summed E-state index contributed by atoms with van der Waals surface area (Å²) in [5, 5.41) is 11.4. The number of nitrogens with two attached hydrogens (primary N) is 1. The van der Waals surface area contributed by atoms with Crippen LogP contribution in [0, 0.1) is 11.8 Å². The van der Waals surface area contributed by atoms with E-state index < -0.39 is 12.2 Å². The number of halogens is 1. The third-order valence-electron chi connectivity index (χ3n) is 5.68. The standard InChI is InChI=1S/C25H26ClN3O4/c1-2-3-12-32-25(31)29-11-10-20-21-13-17(26)6-9-22(21)28-23(20)24(29)16-4-7-19(8-5-16)33-15-18(30)14-27/h4-9,13,18,24,28,30H,10-12,14-15,27H2,1H3. The van der Waals surface area contributed by atoms with E-state index in [0.29, 0.717) is 23.7 Å². The van der Waals surface area contributed by atoms with Gasteiger partial charge in [0.05, 0.1) is 0 Å². The first-order chi connectivity index (χ1) is 16.0. The minimum absolute atomic E-state index is 0.0456. The lowest BCUT2D eigenvalue weighted by Gasteiger charge is -2.35. The molecule has 3 aromatic rings. The maximum absolute atomic E-state index is 12.9. The summed E-state index contributed by atoms with van der Waals surface area (Å²) in [7, 11) is 0. The molecule has 1 aliphatic heterocycles. The van der Waals surface area contributed by atoms with Crippen LogP contribution in [0.15, 0.2) is 42.5 Å². The molecule has 0 saturated carbocycles. The second-order valence-electron chi connectivity index (χ2n) is 7.80. The van der Waals surface area contributed by atoms with Crippen LogP contribution in [0.1, 0.15) is 29.8 Å². The van der Waals surface area contributed by atoms with Crippen LogP contribution >= 0.6 is 11.6 Å². The monoisotopic (exact) mass is 467 g/mol. The van der Waals surface area contributed by atoms with E-state index in [1.54, 1.807) is 11.8 Å². The molecule has 8 heteroatoms. The van der Waals surface area contributed by atoms with Gasteiger partial charge in [0.25, 0.3) is 0 Å². The molecule has 4 rings (SSSR count). The highest BCUT2D eigenvalue weighted by molar-refractivity contribution is 6.31. The normalized spacial score (nSPS) is 16.0. The molecule has 172 valence electrons. The highest BCUT2D eigenvalue weighted by atomic mass is 35.5. The van der Waals surface area contributed by atoms with Gasteiger partial charge in [-0.2, -0.15) is 0 Å². The summed E-state index contributed by atoms with van der Waals surface area (Å²) in [6.45, 7) is 2.49. The molecular formula is C25H26ClN3O4. The third-order valence-corrected chi connectivity index (χ3v) is 5.91. The number of ether oxygens (including phenoxy) is 2. The van der Waals surface area contributed by atoms with Crippen LogP contribution < -0.4 is 10.5 Å². The van der Waals surface area contributed by atoms with Gasteiger partial charge in [-0.3, -0.25) is 4.90 Å². The number of aliphatic hydroxyl groups is 1. The second-order valence-corrected chi connectivity index (χ2v) is 8.24. The number of H-pyrrole nitrogens is 1. The van der Waals surface area contributed by atoms with E-state index in [9.17, 15) is 9.90 Å². The molecule has 1 amide bonds. The first-order valence-corrected chi connectivity index (χ1v) is 11.1. The highest BCUT2D eigenvalue weighted by Crippen LogP contribution is 2.39. The Morgan fingerprint density at radius 1 is 1.33 bits per heavy atom. The predicted octanol–water partition coefficient (Wildman–Crippen LogP) is 3.63. The topological polar surface area (TPSA) is 101 Å². The van der Waals surface area contributed by atoms with Crippen molar-refractivity contribution in [1.29, 1.82) is 0 Å². The van der Waals surface area contributed by atoms with Gasteiger partial charge in [0.1, 0.15) is 24.5 Å². The molecule has 2 atom stereocenters. The zero-order chi connectivity index (χ0) is 23.4. The number of rotatable bonds is 6. The summed E-state index contributed by atoms with van der Waals surface area (Å²) in [5.41, 5.74) is 9.38. The number of hydrogen-bond donors (Lipinski definition) is 3. The average molecular weight is 468 g/mol. The van der Waals surface area contributed by atoms with Crippen molar-refractivity contribution >= 4 is 28.6 Å². The van der Waals surface area contributed by atoms with Gasteiger partial charge >= 0.3 is 6.09 Å². The quantitative estimate of drug-likeness (QED) is 0.481. The Morgan fingerprint density at radius 2 is 2.12 bits per heavy atom. The number of carbonyl (C=O) groups excluding carboxylic acids is 1. The maximum Gasteiger partial charge on any atom is 0.411 e. The van der Waals surface area contributed by atoms with E-state index >= 15 is 0 Å².